The van der Waals surface area contributed by atoms with Crippen LogP contribution in [0.25, 0.3) is 0 Å². The predicted molar refractivity (Wildman–Crippen MR) is 59.4 cm³/mol. The maximum absolute atomic E-state index is 11.7. The van der Waals surface area contributed by atoms with Crippen LogP contribution in [0.2, 0.25) is 0 Å². The molecule has 2 heterocycles. The number of likely N-dealkylation sites (N-methyl/N-ethyl adjacent to an activating group) is 1. The summed E-state index contributed by atoms with van der Waals surface area (Å²) in [7, 11) is 2.16. The summed E-state index contributed by atoms with van der Waals surface area (Å²) in [6.07, 6.45) is 4.63. The van der Waals surface area contributed by atoms with Gasteiger partial charge in [-0.25, -0.2) is 0 Å². The fourth-order valence-electron chi connectivity index (χ4n) is 2.57. The van der Waals surface area contributed by atoms with Gasteiger partial charge in [0.2, 0.25) is 5.91 Å². The van der Waals surface area contributed by atoms with E-state index in [-0.39, 0.29) is 11.9 Å². The number of carbonyl (C=O) groups is 1. The Morgan fingerprint density at radius 2 is 2.13 bits per heavy atom. The van der Waals surface area contributed by atoms with Crippen LogP contribution in [0.15, 0.2) is 0 Å². The molecule has 2 saturated heterocycles. The molecule has 15 heavy (non-hydrogen) atoms. The van der Waals surface area contributed by atoms with Gasteiger partial charge < -0.3 is 15.5 Å². The average molecular weight is 211 g/mol. The number of likely N-dealkylation sites (tertiary alicyclic amines) is 2. The van der Waals surface area contributed by atoms with E-state index in [9.17, 15) is 4.79 Å². The minimum absolute atomic E-state index is 0.147. The molecule has 0 aromatic carbocycles. The number of rotatable bonds is 2. The minimum Gasteiger partial charge on any atom is -0.340 e. The summed E-state index contributed by atoms with van der Waals surface area (Å²) >= 11 is 0. The van der Waals surface area contributed by atoms with Gasteiger partial charge in [0, 0.05) is 19.1 Å². The van der Waals surface area contributed by atoms with Gasteiger partial charge in [-0.2, -0.15) is 0 Å². The molecule has 0 aliphatic carbocycles. The number of amides is 1. The first kappa shape index (κ1) is 10.9. The van der Waals surface area contributed by atoms with Crippen molar-refractivity contribution in [3.63, 3.8) is 0 Å². The first-order valence-electron chi connectivity index (χ1n) is 5.93. The Kier molecular flexibility index (Phi) is 3.26. The number of nitrogens with two attached hydrogens (primary N) is 1. The minimum atomic E-state index is -0.237. The van der Waals surface area contributed by atoms with Crippen molar-refractivity contribution in [3.05, 3.63) is 0 Å². The van der Waals surface area contributed by atoms with E-state index in [4.69, 9.17) is 5.73 Å². The molecule has 2 fully saturated rings. The summed E-state index contributed by atoms with van der Waals surface area (Å²) < 4.78 is 0. The Morgan fingerprint density at radius 1 is 1.33 bits per heavy atom. The summed E-state index contributed by atoms with van der Waals surface area (Å²) in [6.45, 7) is 2.89. The average Bonchev–Trinajstić information content (AvgIpc) is 2.53. The Hall–Kier alpha value is -0.610. The molecule has 4 nitrogen and oxygen atoms in total. The van der Waals surface area contributed by atoms with E-state index >= 15 is 0 Å². The molecule has 2 N–H and O–H groups in total. The number of nitrogens with zero attached hydrogens (tertiary/aromatic N) is 2. The first-order valence-corrected chi connectivity index (χ1v) is 5.93. The fourth-order valence-corrected chi connectivity index (χ4v) is 2.57. The molecule has 2 unspecified atom stereocenters. The standard InChI is InChI=1S/C11H21N3O/c1-13-6-3-2-4-9(13)8-14-7-5-10(12)11(14)15/h9-10H,2-8,12H2,1H3. The molecule has 0 radical (unpaired) electrons. The molecule has 2 rings (SSSR count). The Balaban J connectivity index is 1.88. The number of hydrogen-bond donors (Lipinski definition) is 1. The zero-order valence-electron chi connectivity index (χ0n) is 9.48. The lowest BCUT2D eigenvalue weighted by molar-refractivity contribution is -0.129. The van der Waals surface area contributed by atoms with Crippen LogP contribution in [-0.2, 0) is 4.79 Å². The van der Waals surface area contributed by atoms with Crippen LogP contribution in [0.1, 0.15) is 25.7 Å². The molecule has 86 valence electrons. The lowest BCUT2D eigenvalue weighted by atomic mass is 10.0. The predicted octanol–water partition coefficient (Wildman–Crippen LogP) is 0.0303. The first-order chi connectivity index (χ1) is 7.18. The van der Waals surface area contributed by atoms with E-state index in [0.29, 0.717) is 6.04 Å². The third-order valence-corrected chi connectivity index (χ3v) is 3.69. The Morgan fingerprint density at radius 3 is 2.73 bits per heavy atom. The molecule has 0 aromatic heterocycles. The van der Waals surface area contributed by atoms with Crippen molar-refractivity contribution in [1.29, 1.82) is 0 Å². The monoisotopic (exact) mass is 211 g/mol. The van der Waals surface area contributed by atoms with Crippen molar-refractivity contribution in [2.24, 2.45) is 5.73 Å². The van der Waals surface area contributed by atoms with Gasteiger partial charge in [0.1, 0.15) is 0 Å². The van der Waals surface area contributed by atoms with Gasteiger partial charge in [0.25, 0.3) is 0 Å². The molecule has 2 aliphatic rings. The molecule has 1 amide bonds. The zero-order valence-corrected chi connectivity index (χ0v) is 9.48. The number of piperidine rings is 1. The Labute approximate surface area is 91.4 Å². The fraction of sp³-hybridized carbons (Fsp3) is 0.909. The van der Waals surface area contributed by atoms with E-state index in [1.54, 1.807) is 0 Å². The van der Waals surface area contributed by atoms with Gasteiger partial charge in [-0.05, 0) is 32.9 Å². The summed E-state index contributed by atoms with van der Waals surface area (Å²) in [4.78, 5) is 16.0. The molecule has 0 saturated carbocycles. The van der Waals surface area contributed by atoms with Gasteiger partial charge in [-0.3, -0.25) is 4.79 Å². The van der Waals surface area contributed by atoms with Gasteiger partial charge in [-0.1, -0.05) is 6.42 Å². The van der Waals surface area contributed by atoms with Crippen molar-refractivity contribution < 1.29 is 4.79 Å². The molecular weight excluding hydrogens is 190 g/mol. The van der Waals surface area contributed by atoms with E-state index < -0.39 is 0 Å². The van der Waals surface area contributed by atoms with Crippen LogP contribution < -0.4 is 5.73 Å². The summed E-state index contributed by atoms with van der Waals surface area (Å²) in [5.74, 6) is 0.147. The van der Waals surface area contributed by atoms with Crippen LogP contribution in [0.5, 0.6) is 0 Å². The van der Waals surface area contributed by atoms with Crippen LogP contribution in [-0.4, -0.2) is 54.5 Å². The topological polar surface area (TPSA) is 49.6 Å². The molecule has 0 aromatic rings. The molecule has 4 heteroatoms. The second kappa shape index (κ2) is 4.49. The Bertz CT molecular complexity index is 244. The van der Waals surface area contributed by atoms with Gasteiger partial charge >= 0.3 is 0 Å². The maximum Gasteiger partial charge on any atom is 0.239 e. The van der Waals surface area contributed by atoms with E-state index in [1.165, 1.54) is 25.8 Å². The van der Waals surface area contributed by atoms with Crippen LogP contribution in [0.3, 0.4) is 0 Å². The van der Waals surface area contributed by atoms with Crippen molar-refractivity contribution in [1.82, 2.24) is 9.80 Å². The third kappa shape index (κ3) is 2.32. The summed E-state index contributed by atoms with van der Waals surface area (Å²) in [5.41, 5.74) is 5.70. The number of carbonyl (C=O) groups excluding carboxylic acids is 1. The highest BCUT2D eigenvalue weighted by molar-refractivity contribution is 5.83. The van der Waals surface area contributed by atoms with Crippen molar-refractivity contribution in [2.45, 2.75) is 37.8 Å². The highest BCUT2D eigenvalue weighted by atomic mass is 16.2. The highest BCUT2D eigenvalue weighted by Gasteiger charge is 2.31. The van der Waals surface area contributed by atoms with Crippen LogP contribution in [0, 0.1) is 0 Å². The van der Waals surface area contributed by atoms with Crippen molar-refractivity contribution in [2.75, 3.05) is 26.7 Å². The molecule has 2 atom stereocenters. The largest absolute Gasteiger partial charge is 0.340 e. The molecule has 0 spiro atoms. The SMILES string of the molecule is CN1CCCCC1CN1CCC(N)C1=O. The molecular formula is C11H21N3O. The van der Waals surface area contributed by atoms with Crippen LogP contribution in [0.4, 0.5) is 0 Å². The number of hydrogen-bond acceptors (Lipinski definition) is 3. The maximum atomic E-state index is 11.7. The highest BCUT2D eigenvalue weighted by Crippen LogP contribution is 2.18. The van der Waals surface area contributed by atoms with E-state index in [2.05, 4.69) is 11.9 Å². The quantitative estimate of drug-likeness (QED) is 0.701. The van der Waals surface area contributed by atoms with Gasteiger partial charge in [0.15, 0.2) is 0 Å². The smallest absolute Gasteiger partial charge is 0.239 e. The van der Waals surface area contributed by atoms with Gasteiger partial charge in [-0.15, -0.1) is 0 Å². The molecule has 0 bridgehead atoms. The van der Waals surface area contributed by atoms with E-state index in [1.807, 2.05) is 4.90 Å². The van der Waals surface area contributed by atoms with Crippen molar-refractivity contribution in [3.8, 4) is 0 Å². The third-order valence-electron chi connectivity index (χ3n) is 3.69. The summed E-state index contributed by atoms with van der Waals surface area (Å²) in [6, 6.07) is 0.312. The lowest BCUT2D eigenvalue weighted by Gasteiger charge is -2.35. The lowest BCUT2D eigenvalue weighted by Crippen LogP contribution is -2.46. The normalized spacial score (nSPS) is 33.7. The second-order valence-corrected chi connectivity index (χ2v) is 4.81. The van der Waals surface area contributed by atoms with Crippen LogP contribution >= 0.6 is 0 Å². The van der Waals surface area contributed by atoms with E-state index in [0.717, 1.165) is 19.5 Å². The molecule has 2 aliphatic heterocycles. The summed E-state index contributed by atoms with van der Waals surface area (Å²) in [5, 5.41) is 0. The second-order valence-electron chi connectivity index (χ2n) is 4.81. The zero-order chi connectivity index (χ0) is 10.8. The van der Waals surface area contributed by atoms with Gasteiger partial charge in [0.05, 0.1) is 6.04 Å². The van der Waals surface area contributed by atoms with Crippen molar-refractivity contribution >= 4 is 5.91 Å².